The van der Waals surface area contributed by atoms with E-state index in [-0.39, 0.29) is 12.2 Å². The fourth-order valence-electron chi connectivity index (χ4n) is 4.33. The maximum atomic E-state index is 13.0. The molecule has 10 heteroatoms. The van der Waals surface area contributed by atoms with E-state index in [0.29, 0.717) is 62.4 Å². The number of hydroxylamine groups is 2. The van der Waals surface area contributed by atoms with Gasteiger partial charge in [0.05, 0.1) is 18.4 Å². The molecule has 0 saturated carbocycles. The number of carbonyl (C=O) groups excluding carboxylic acids is 1. The number of piperidine rings is 1. The van der Waals surface area contributed by atoms with Crippen LogP contribution in [0.15, 0.2) is 36.7 Å². The molecule has 2 heterocycles. The summed E-state index contributed by atoms with van der Waals surface area (Å²) in [5.41, 5.74) is 3.59. The van der Waals surface area contributed by atoms with Crippen molar-refractivity contribution in [1.29, 1.82) is 0 Å². The van der Waals surface area contributed by atoms with Gasteiger partial charge >= 0.3 is 0 Å². The van der Waals surface area contributed by atoms with Crippen LogP contribution in [-0.4, -0.2) is 70.9 Å². The van der Waals surface area contributed by atoms with E-state index in [1.807, 2.05) is 0 Å². The standard InChI is InChI=1S/C25H36N4O5S/c1-20-7-8-21(2)23(15-20)17-34-16-22-9-13-28(14-10-22)35(32,33)18-24(29(31)19-30)5-3-6-25-26-11-4-12-27-25/h4,7-8,11-12,15,19,22,24,31H,3,5-6,9-10,13-14,16-18H2,1-2H3/t24-/m1/s1. The van der Waals surface area contributed by atoms with Gasteiger partial charge in [-0.1, -0.05) is 23.8 Å². The molecular weight excluding hydrogens is 468 g/mol. The van der Waals surface area contributed by atoms with E-state index in [4.69, 9.17) is 4.74 Å². The van der Waals surface area contributed by atoms with E-state index in [0.717, 1.165) is 12.8 Å². The first-order valence-electron chi connectivity index (χ1n) is 12.1. The van der Waals surface area contributed by atoms with Gasteiger partial charge in [-0.25, -0.2) is 27.8 Å². The van der Waals surface area contributed by atoms with Gasteiger partial charge in [0.1, 0.15) is 5.82 Å². The maximum absolute atomic E-state index is 13.0. The highest BCUT2D eigenvalue weighted by Gasteiger charge is 2.32. The Balaban J connectivity index is 1.45. The van der Waals surface area contributed by atoms with Crippen molar-refractivity contribution in [3.8, 4) is 0 Å². The largest absolute Gasteiger partial charge is 0.376 e. The van der Waals surface area contributed by atoms with Crippen LogP contribution in [-0.2, 0) is 32.6 Å². The summed E-state index contributed by atoms with van der Waals surface area (Å²) in [6.45, 7) is 6.11. The van der Waals surface area contributed by atoms with Crippen LogP contribution in [0.3, 0.4) is 0 Å². The number of hydrogen-bond donors (Lipinski definition) is 1. The van der Waals surface area contributed by atoms with Crippen LogP contribution >= 0.6 is 0 Å². The van der Waals surface area contributed by atoms with Crippen molar-refractivity contribution in [2.45, 2.75) is 58.6 Å². The second-order valence-corrected chi connectivity index (χ2v) is 11.3. The fourth-order valence-corrected chi connectivity index (χ4v) is 6.11. The average molecular weight is 505 g/mol. The van der Waals surface area contributed by atoms with Crippen molar-refractivity contribution in [3.63, 3.8) is 0 Å². The Morgan fingerprint density at radius 2 is 1.94 bits per heavy atom. The van der Waals surface area contributed by atoms with E-state index in [9.17, 15) is 18.4 Å². The third-order valence-electron chi connectivity index (χ3n) is 6.52. The SMILES string of the molecule is Cc1ccc(C)c(COCC2CCN(S(=O)(=O)C[C@@H](CCCc3ncccn3)N(O)C=O)CC2)c1. The second-order valence-electron chi connectivity index (χ2n) is 9.26. The predicted octanol–water partition coefficient (Wildman–Crippen LogP) is 2.89. The van der Waals surface area contributed by atoms with Gasteiger partial charge in [-0.3, -0.25) is 10.0 Å². The maximum Gasteiger partial charge on any atom is 0.233 e. The Kier molecular flexibility index (Phi) is 10.1. The van der Waals surface area contributed by atoms with E-state index in [1.165, 1.54) is 21.0 Å². The molecule has 0 bridgehead atoms. The fraction of sp³-hybridized carbons (Fsp3) is 0.560. The summed E-state index contributed by atoms with van der Waals surface area (Å²) in [5, 5.41) is 10.5. The average Bonchev–Trinajstić information content (AvgIpc) is 2.86. The normalized spacial score (nSPS) is 16.2. The molecular formula is C25H36N4O5S. The summed E-state index contributed by atoms with van der Waals surface area (Å²) >= 11 is 0. The molecule has 1 aromatic carbocycles. The summed E-state index contributed by atoms with van der Waals surface area (Å²) in [6, 6.07) is 7.22. The minimum absolute atomic E-state index is 0.263. The molecule has 0 aliphatic carbocycles. The van der Waals surface area contributed by atoms with E-state index < -0.39 is 16.1 Å². The van der Waals surface area contributed by atoms with Crippen molar-refractivity contribution in [3.05, 3.63) is 59.2 Å². The highest BCUT2D eigenvalue weighted by Crippen LogP contribution is 2.22. The van der Waals surface area contributed by atoms with Gasteiger partial charge in [0.15, 0.2) is 0 Å². The van der Waals surface area contributed by atoms with Gasteiger partial charge < -0.3 is 4.74 Å². The van der Waals surface area contributed by atoms with Gasteiger partial charge in [0.25, 0.3) is 0 Å². The number of amides is 1. The van der Waals surface area contributed by atoms with Crippen LogP contribution < -0.4 is 0 Å². The molecule has 0 radical (unpaired) electrons. The molecule has 9 nitrogen and oxygen atoms in total. The van der Waals surface area contributed by atoms with Crippen LogP contribution in [0, 0.1) is 19.8 Å². The first kappa shape index (κ1) is 27.2. The number of hydrogen-bond acceptors (Lipinski definition) is 7. The lowest BCUT2D eigenvalue weighted by molar-refractivity contribution is -0.158. The zero-order valence-corrected chi connectivity index (χ0v) is 21.4. The van der Waals surface area contributed by atoms with E-state index in [2.05, 4.69) is 42.0 Å². The number of sulfonamides is 1. The Labute approximate surface area is 208 Å². The van der Waals surface area contributed by atoms with Crippen molar-refractivity contribution < 1.29 is 23.2 Å². The number of ether oxygens (including phenoxy) is 1. The number of aromatic nitrogens is 2. The molecule has 3 rings (SSSR count). The molecule has 1 saturated heterocycles. The van der Waals surface area contributed by atoms with Crippen molar-refractivity contribution in [2.75, 3.05) is 25.4 Å². The van der Waals surface area contributed by atoms with E-state index in [1.54, 1.807) is 18.5 Å². The Hall–Kier alpha value is -2.40. The molecule has 0 unspecified atom stereocenters. The van der Waals surface area contributed by atoms with Gasteiger partial charge in [0, 0.05) is 38.5 Å². The van der Waals surface area contributed by atoms with Crippen LogP contribution in [0.5, 0.6) is 0 Å². The first-order valence-corrected chi connectivity index (χ1v) is 13.7. The van der Waals surface area contributed by atoms with Gasteiger partial charge in [0.2, 0.25) is 16.4 Å². The topological polar surface area (TPSA) is 113 Å². The third-order valence-corrected chi connectivity index (χ3v) is 8.48. The minimum atomic E-state index is -3.63. The van der Waals surface area contributed by atoms with E-state index >= 15 is 0 Å². The van der Waals surface area contributed by atoms with Gasteiger partial charge in [-0.15, -0.1) is 0 Å². The molecule has 1 aromatic heterocycles. The molecule has 0 spiro atoms. The monoisotopic (exact) mass is 504 g/mol. The minimum Gasteiger partial charge on any atom is -0.376 e. The molecule has 1 atom stereocenters. The van der Waals surface area contributed by atoms with Crippen LogP contribution in [0.4, 0.5) is 0 Å². The number of carbonyl (C=O) groups is 1. The Morgan fingerprint density at radius 3 is 2.63 bits per heavy atom. The lowest BCUT2D eigenvalue weighted by atomic mass is 9.99. The molecule has 1 fully saturated rings. The highest BCUT2D eigenvalue weighted by atomic mass is 32.2. The number of nitrogens with zero attached hydrogens (tertiary/aromatic N) is 4. The Morgan fingerprint density at radius 1 is 1.23 bits per heavy atom. The molecule has 2 aromatic rings. The quantitative estimate of drug-likeness (QED) is 0.253. The predicted molar refractivity (Wildman–Crippen MR) is 132 cm³/mol. The zero-order valence-electron chi connectivity index (χ0n) is 20.5. The van der Waals surface area contributed by atoms with Crippen LogP contribution in [0.2, 0.25) is 0 Å². The summed E-state index contributed by atoms with van der Waals surface area (Å²) < 4.78 is 33.5. The Bertz CT molecular complexity index is 1040. The summed E-state index contributed by atoms with van der Waals surface area (Å²) in [7, 11) is -3.63. The van der Waals surface area contributed by atoms with Gasteiger partial charge in [-0.05, 0) is 62.6 Å². The number of aryl methyl sites for hydroxylation is 3. The lowest BCUT2D eigenvalue weighted by Gasteiger charge is -2.33. The zero-order chi connectivity index (χ0) is 25.3. The second kappa shape index (κ2) is 13.1. The van der Waals surface area contributed by atoms with Crippen molar-refractivity contribution in [2.24, 2.45) is 5.92 Å². The third kappa shape index (κ3) is 8.34. The summed E-state index contributed by atoms with van der Waals surface area (Å²) in [6.07, 6.45) is 6.41. The van der Waals surface area contributed by atoms with Crippen molar-refractivity contribution in [1.82, 2.24) is 19.3 Å². The summed E-state index contributed by atoms with van der Waals surface area (Å²) in [5.74, 6) is 0.634. The number of rotatable bonds is 13. The molecule has 35 heavy (non-hydrogen) atoms. The van der Waals surface area contributed by atoms with Crippen LogP contribution in [0.25, 0.3) is 0 Å². The molecule has 1 N–H and O–H groups in total. The molecule has 192 valence electrons. The smallest absolute Gasteiger partial charge is 0.233 e. The molecule has 1 aliphatic heterocycles. The number of benzene rings is 1. The first-order chi connectivity index (χ1) is 16.8. The van der Waals surface area contributed by atoms with Crippen LogP contribution in [0.1, 0.15) is 48.2 Å². The molecule has 1 aliphatic rings. The van der Waals surface area contributed by atoms with Gasteiger partial charge in [-0.2, -0.15) is 0 Å². The highest BCUT2D eigenvalue weighted by molar-refractivity contribution is 7.89. The molecule has 1 amide bonds. The summed E-state index contributed by atoms with van der Waals surface area (Å²) in [4.78, 5) is 19.5. The van der Waals surface area contributed by atoms with Crippen molar-refractivity contribution >= 4 is 16.4 Å². The lowest BCUT2D eigenvalue weighted by Crippen LogP contribution is -2.45.